The number of ether oxygens (including phenoxy) is 1. The standard InChI is InChI=1S/C9H11NO3/c1-6(13-2)7-3-4-10-8(5-7)9(11)12/h3-6H,1-2H3,(H,11,12). The van der Waals surface area contributed by atoms with Gasteiger partial charge in [0.15, 0.2) is 0 Å². The zero-order valence-corrected chi connectivity index (χ0v) is 7.52. The highest BCUT2D eigenvalue weighted by atomic mass is 16.5. The number of aromatic carboxylic acids is 1. The van der Waals surface area contributed by atoms with Crippen LogP contribution in [0.4, 0.5) is 0 Å². The lowest BCUT2D eigenvalue weighted by molar-refractivity contribution is 0.0689. The second kappa shape index (κ2) is 4.00. The molecule has 1 aromatic rings. The van der Waals surface area contributed by atoms with Gasteiger partial charge < -0.3 is 9.84 Å². The van der Waals surface area contributed by atoms with Gasteiger partial charge >= 0.3 is 5.97 Å². The minimum Gasteiger partial charge on any atom is -0.477 e. The van der Waals surface area contributed by atoms with E-state index < -0.39 is 5.97 Å². The van der Waals surface area contributed by atoms with Crippen LogP contribution in [0.5, 0.6) is 0 Å². The van der Waals surface area contributed by atoms with Crippen LogP contribution in [0.1, 0.15) is 29.1 Å². The van der Waals surface area contributed by atoms with Gasteiger partial charge in [-0.1, -0.05) is 0 Å². The molecule has 0 fully saturated rings. The molecule has 0 aliphatic rings. The Morgan fingerprint density at radius 2 is 2.38 bits per heavy atom. The second-order valence-electron chi connectivity index (χ2n) is 2.66. The summed E-state index contributed by atoms with van der Waals surface area (Å²) in [6.07, 6.45) is 1.36. The van der Waals surface area contributed by atoms with E-state index in [4.69, 9.17) is 9.84 Å². The number of rotatable bonds is 3. The van der Waals surface area contributed by atoms with Crippen LogP contribution in [0.3, 0.4) is 0 Å². The summed E-state index contributed by atoms with van der Waals surface area (Å²) in [6, 6.07) is 3.25. The van der Waals surface area contributed by atoms with Gasteiger partial charge in [-0.3, -0.25) is 0 Å². The van der Waals surface area contributed by atoms with Crippen molar-refractivity contribution in [3.8, 4) is 0 Å². The van der Waals surface area contributed by atoms with Crippen LogP contribution in [-0.4, -0.2) is 23.2 Å². The molecule has 1 heterocycles. The summed E-state index contributed by atoms with van der Waals surface area (Å²) in [6.45, 7) is 1.85. The highest BCUT2D eigenvalue weighted by Gasteiger charge is 2.08. The molecular formula is C9H11NO3. The first-order chi connectivity index (χ1) is 6.15. The van der Waals surface area contributed by atoms with Crippen LogP contribution in [0.15, 0.2) is 18.3 Å². The van der Waals surface area contributed by atoms with Crippen molar-refractivity contribution >= 4 is 5.97 Å². The Balaban J connectivity index is 2.98. The number of carbonyl (C=O) groups is 1. The number of hydrogen-bond donors (Lipinski definition) is 1. The molecule has 4 nitrogen and oxygen atoms in total. The second-order valence-corrected chi connectivity index (χ2v) is 2.66. The number of pyridine rings is 1. The van der Waals surface area contributed by atoms with Gasteiger partial charge in [0.05, 0.1) is 6.10 Å². The zero-order chi connectivity index (χ0) is 9.84. The van der Waals surface area contributed by atoms with Crippen LogP contribution < -0.4 is 0 Å². The molecule has 0 bridgehead atoms. The molecule has 1 atom stereocenters. The van der Waals surface area contributed by atoms with Crippen molar-refractivity contribution < 1.29 is 14.6 Å². The third kappa shape index (κ3) is 2.26. The summed E-state index contributed by atoms with van der Waals surface area (Å²) in [4.78, 5) is 14.3. The largest absolute Gasteiger partial charge is 0.477 e. The smallest absolute Gasteiger partial charge is 0.354 e. The normalized spacial score (nSPS) is 12.5. The molecular weight excluding hydrogens is 170 g/mol. The molecule has 1 unspecified atom stereocenters. The van der Waals surface area contributed by atoms with Crippen molar-refractivity contribution in [1.82, 2.24) is 4.98 Å². The predicted molar refractivity (Wildman–Crippen MR) is 46.6 cm³/mol. The van der Waals surface area contributed by atoms with E-state index in [0.717, 1.165) is 5.56 Å². The van der Waals surface area contributed by atoms with Gasteiger partial charge in [-0.15, -0.1) is 0 Å². The SMILES string of the molecule is COC(C)c1ccnc(C(=O)O)c1. The molecule has 0 radical (unpaired) electrons. The number of carboxylic acid groups (broad SMARTS) is 1. The van der Waals surface area contributed by atoms with E-state index in [1.165, 1.54) is 12.3 Å². The van der Waals surface area contributed by atoms with Gasteiger partial charge in [0.2, 0.25) is 0 Å². The number of carboxylic acids is 1. The fourth-order valence-corrected chi connectivity index (χ4v) is 0.953. The molecule has 0 saturated carbocycles. The lowest BCUT2D eigenvalue weighted by atomic mass is 10.1. The Kier molecular flexibility index (Phi) is 2.97. The Bertz CT molecular complexity index is 311. The van der Waals surface area contributed by atoms with Crippen molar-refractivity contribution in [3.05, 3.63) is 29.6 Å². The number of nitrogens with zero attached hydrogens (tertiary/aromatic N) is 1. The molecule has 4 heteroatoms. The minimum atomic E-state index is -1.02. The zero-order valence-electron chi connectivity index (χ0n) is 7.52. The minimum absolute atomic E-state index is 0.0430. The maximum atomic E-state index is 10.6. The van der Waals surface area contributed by atoms with Crippen molar-refractivity contribution in [1.29, 1.82) is 0 Å². The molecule has 70 valence electrons. The number of hydrogen-bond acceptors (Lipinski definition) is 3. The Hall–Kier alpha value is -1.42. The first kappa shape index (κ1) is 9.67. The maximum Gasteiger partial charge on any atom is 0.354 e. The first-order valence-corrected chi connectivity index (χ1v) is 3.87. The van der Waals surface area contributed by atoms with Gasteiger partial charge in [-0.2, -0.15) is 0 Å². The van der Waals surface area contributed by atoms with E-state index in [2.05, 4.69) is 4.98 Å². The third-order valence-electron chi connectivity index (χ3n) is 1.83. The van der Waals surface area contributed by atoms with E-state index in [1.807, 2.05) is 6.92 Å². The Morgan fingerprint density at radius 3 is 2.92 bits per heavy atom. The Labute approximate surface area is 76.2 Å². The molecule has 0 saturated heterocycles. The Morgan fingerprint density at radius 1 is 1.69 bits per heavy atom. The lowest BCUT2D eigenvalue weighted by Gasteiger charge is -2.09. The summed E-state index contributed by atoms with van der Waals surface area (Å²) in [5.41, 5.74) is 0.858. The van der Waals surface area contributed by atoms with Crippen LogP contribution in [0.25, 0.3) is 0 Å². The molecule has 1 aromatic heterocycles. The quantitative estimate of drug-likeness (QED) is 0.767. The molecule has 1 rings (SSSR count). The third-order valence-corrected chi connectivity index (χ3v) is 1.83. The first-order valence-electron chi connectivity index (χ1n) is 3.87. The van der Waals surface area contributed by atoms with E-state index in [0.29, 0.717) is 0 Å². The van der Waals surface area contributed by atoms with Gasteiger partial charge in [0.25, 0.3) is 0 Å². The lowest BCUT2D eigenvalue weighted by Crippen LogP contribution is -2.03. The molecule has 0 aliphatic carbocycles. The van der Waals surface area contributed by atoms with Gasteiger partial charge in [0.1, 0.15) is 5.69 Å². The van der Waals surface area contributed by atoms with E-state index in [1.54, 1.807) is 13.2 Å². The summed E-state index contributed by atoms with van der Waals surface area (Å²) >= 11 is 0. The molecule has 0 aromatic carbocycles. The van der Waals surface area contributed by atoms with Crippen molar-refractivity contribution in [2.75, 3.05) is 7.11 Å². The fraction of sp³-hybridized carbons (Fsp3) is 0.333. The van der Waals surface area contributed by atoms with Gasteiger partial charge in [-0.25, -0.2) is 9.78 Å². The molecule has 0 aliphatic heterocycles. The van der Waals surface area contributed by atoms with Crippen molar-refractivity contribution in [2.24, 2.45) is 0 Å². The highest BCUT2D eigenvalue weighted by Crippen LogP contribution is 2.15. The average Bonchev–Trinajstić information content (AvgIpc) is 2.17. The fourth-order valence-electron chi connectivity index (χ4n) is 0.953. The molecule has 0 spiro atoms. The topological polar surface area (TPSA) is 59.4 Å². The maximum absolute atomic E-state index is 10.6. The summed E-state index contributed by atoms with van der Waals surface area (Å²) < 4.78 is 5.05. The van der Waals surface area contributed by atoms with Gasteiger partial charge in [0, 0.05) is 13.3 Å². The summed E-state index contributed by atoms with van der Waals surface area (Å²) in [7, 11) is 1.57. The number of aromatic nitrogens is 1. The monoisotopic (exact) mass is 181 g/mol. The summed E-state index contributed by atoms with van der Waals surface area (Å²) in [5, 5.41) is 8.66. The van der Waals surface area contributed by atoms with Crippen LogP contribution in [0, 0.1) is 0 Å². The van der Waals surface area contributed by atoms with Crippen LogP contribution >= 0.6 is 0 Å². The van der Waals surface area contributed by atoms with E-state index in [-0.39, 0.29) is 11.8 Å². The number of methoxy groups -OCH3 is 1. The van der Waals surface area contributed by atoms with Crippen LogP contribution in [0.2, 0.25) is 0 Å². The van der Waals surface area contributed by atoms with Gasteiger partial charge in [-0.05, 0) is 24.6 Å². The highest BCUT2D eigenvalue weighted by molar-refractivity contribution is 5.85. The van der Waals surface area contributed by atoms with E-state index in [9.17, 15) is 4.79 Å². The molecule has 13 heavy (non-hydrogen) atoms. The van der Waals surface area contributed by atoms with Crippen LogP contribution in [-0.2, 0) is 4.74 Å². The van der Waals surface area contributed by atoms with Crippen molar-refractivity contribution in [3.63, 3.8) is 0 Å². The molecule has 0 amide bonds. The average molecular weight is 181 g/mol. The molecule has 1 N–H and O–H groups in total. The predicted octanol–water partition coefficient (Wildman–Crippen LogP) is 1.49. The summed E-state index contributed by atoms with van der Waals surface area (Å²) in [5.74, 6) is -1.02. The van der Waals surface area contributed by atoms with E-state index >= 15 is 0 Å². The van der Waals surface area contributed by atoms with Crippen molar-refractivity contribution in [2.45, 2.75) is 13.0 Å².